The molecule has 5 nitrogen and oxygen atoms in total. The zero-order chi connectivity index (χ0) is 23.9. The molecule has 2 aliphatic rings. The molecule has 0 saturated carbocycles. The Balaban J connectivity index is 1.15. The van der Waals surface area contributed by atoms with Gasteiger partial charge in [0.15, 0.2) is 0 Å². The summed E-state index contributed by atoms with van der Waals surface area (Å²) in [6, 6.07) is 19.3. The summed E-state index contributed by atoms with van der Waals surface area (Å²) in [7, 11) is 0. The Hall–Kier alpha value is -2.28. The molecule has 0 aliphatic carbocycles. The van der Waals surface area contributed by atoms with Crippen molar-refractivity contribution in [1.82, 2.24) is 14.9 Å². The second-order valence-electron chi connectivity index (χ2n) is 9.50. The summed E-state index contributed by atoms with van der Waals surface area (Å²) in [5.41, 5.74) is 1.38. The molecule has 3 aromatic rings. The molecule has 0 amide bonds. The van der Waals surface area contributed by atoms with E-state index in [0.29, 0.717) is 6.04 Å². The van der Waals surface area contributed by atoms with Crippen LogP contribution in [-0.2, 0) is 6.54 Å². The molecular formula is C28H34ClN5S. The van der Waals surface area contributed by atoms with Crippen LogP contribution in [0, 0.1) is 0 Å². The normalized spacial score (nSPS) is 17.8. The largest absolute Gasteiger partial charge is 0.356 e. The maximum Gasteiger partial charge on any atom is 0.224 e. The van der Waals surface area contributed by atoms with Crippen molar-refractivity contribution < 1.29 is 0 Å². The average Bonchev–Trinajstić information content (AvgIpc) is 3.18. The second kappa shape index (κ2) is 12.1. The number of likely N-dealkylation sites (tertiary alicyclic amines) is 1. The van der Waals surface area contributed by atoms with Crippen LogP contribution in [0.25, 0.3) is 0 Å². The molecule has 2 fully saturated rings. The van der Waals surface area contributed by atoms with E-state index in [1.54, 1.807) is 0 Å². The standard InChI is InChI=1S/C28H34ClN5S/c29-23-9-11-25(12-10-23)35-26-8-4-3-7-22(26)21-33-19-14-24(15-20-33)31-28-30-16-13-27(32-28)34-17-5-1-2-6-18-34/h3-4,7-13,16,24H,1-2,5-6,14-15,17-21H2,(H,30,31,32). The summed E-state index contributed by atoms with van der Waals surface area (Å²) in [4.78, 5) is 16.9. The van der Waals surface area contributed by atoms with Gasteiger partial charge in [-0.25, -0.2) is 4.98 Å². The highest BCUT2D eigenvalue weighted by Crippen LogP contribution is 2.32. The van der Waals surface area contributed by atoms with Gasteiger partial charge in [0.1, 0.15) is 5.82 Å². The van der Waals surface area contributed by atoms with E-state index in [1.165, 1.54) is 41.0 Å². The Bertz CT molecular complexity index is 1080. The minimum atomic E-state index is 0.421. The highest BCUT2D eigenvalue weighted by molar-refractivity contribution is 7.99. The fraction of sp³-hybridized carbons (Fsp3) is 0.429. The summed E-state index contributed by atoms with van der Waals surface area (Å²) < 4.78 is 0. The number of halogens is 1. The molecule has 7 heteroatoms. The van der Waals surface area contributed by atoms with Gasteiger partial charge in [-0.2, -0.15) is 4.98 Å². The summed E-state index contributed by atoms with van der Waals surface area (Å²) >= 11 is 7.87. The quantitative estimate of drug-likeness (QED) is 0.382. The van der Waals surface area contributed by atoms with Gasteiger partial charge in [0, 0.05) is 59.8 Å². The summed E-state index contributed by atoms with van der Waals surface area (Å²) in [6.07, 6.45) is 9.28. The van der Waals surface area contributed by atoms with E-state index in [0.717, 1.165) is 62.4 Å². The molecule has 0 unspecified atom stereocenters. The predicted molar refractivity (Wildman–Crippen MR) is 147 cm³/mol. The van der Waals surface area contributed by atoms with E-state index in [9.17, 15) is 0 Å². The van der Waals surface area contributed by atoms with Crippen LogP contribution < -0.4 is 10.2 Å². The van der Waals surface area contributed by atoms with Crippen LogP contribution in [0.15, 0.2) is 70.6 Å². The molecule has 2 aliphatic heterocycles. The number of anilines is 2. The third-order valence-corrected chi connectivity index (χ3v) is 8.28. The number of nitrogens with one attached hydrogen (secondary N) is 1. The van der Waals surface area contributed by atoms with Crippen LogP contribution in [-0.4, -0.2) is 47.1 Å². The van der Waals surface area contributed by atoms with Gasteiger partial charge >= 0.3 is 0 Å². The van der Waals surface area contributed by atoms with Crippen LogP contribution >= 0.6 is 23.4 Å². The summed E-state index contributed by atoms with van der Waals surface area (Å²) in [5, 5.41) is 4.39. The van der Waals surface area contributed by atoms with E-state index >= 15 is 0 Å². The third kappa shape index (κ3) is 6.90. The first-order chi connectivity index (χ1) is 17.2. The van der Waals surface area contributed by atoms with Crippen LogP contribution in [0.2, 0.25) is 5.02 Å². The van der Waals surface area contributed by atoms with Crippen molar-refractivity contribution in [3.63, 3.8) is 0 Å². The number of rotatable bonds is 7. The van der Waals surface area contributed by atoms with Crippen LogP contribution in [0.4, 0.5) is 11.8 Å². The number of hydrogen-bond donors (Lipinski definition) is 1. The lowest BCUT2D eigenvalue weighted by Crippen LogP contribution is -2.39. The molecule has 1 aromatic heterocycles. The average molecular weight is 508 g/mol. The minimum absolute atomic E-state index is 0.421. The summed E-state index contributed by atoms with van der Waals surface area (Å²) in [5.74, 6) is 1.84. The number of piperidine rings is 1. The minimum Gasteiger partial charge on any atom is -0.356 e. The van der Waals surface area contributed by atoms with Crippen LogP contribution in [0.1, 0.15) is 44.1 Å². The molecule has 0 atom stereocenters. The van der Waals surface area contributed by atoms with Crippen LogP contribution in [0.5, 0.6) is 0 Å². The second-order valence-corrected chi connectivity index (χ2v) is 11.0. The van der Waals surface area contributed by atoms with Gasteiger partial charge in [-0.05, 0) is 67.6 Å². The Morgan fingerprint density at radius 3 is 2.40 bits per heavy atom. The van der Waals surface area contributed by atoms with Crippen molar-refractivity contribution >= 4 is 35.1 Å². The predicted octanol–water partition coefficient (Wildman–Crippen LogP) is 6.74. The van der Waals surface area contributed by atoms with E-state index in [4.69, 9.17) is 16.6 Å². The van der Waals surface area contributed by atoms with Crippen molar-refractivity contribution in [2.24, 2.45) is 0 Å². The van der Waals surface area contributed by atoms with E-state index < -0.39 is 0 Å². The lowest BCUT2D eigenvalue weighted by Gasteiger charge is -2.33. The molecule has 0 bridgehead atoms. The zero-order valence-corrected chi connectivity index (χ0v) is 21.8. The van der Waals surface area contributed by atoms with E-state index in [-0.39, 0.29) is 0 Å². The van der Waals surface area contributed by atoms with E-state index in [2.05, 4.69) is 62.6 Å². The molecule has 3 heterocycles. The smallest absolute Gasteiger partial charge is 0.224 e. The highest BCUT2D eigenvalue weighted by atomic mass is 35.5. The fourth-order valence-corrected chi connectivity index (χ4v) is 5.98. The van der Waals surface area contributed by atoms with Gasteiger partial charge < -0.3 is 10.2 Å². The highest BCUT2D eigenvalue weighted by Gasteiger charge is 2.21. The van der Waals surface area contributed by atoms with Crippen molar-refractivity contribution in [2.75, 3.05) is 36.4 Å². The Labute approximate surface area is 218 Å². The van der Waals surface area contributed by atoms with Gasteiger partial charge in [0.25, 0.3) is 0 Å². The Morgan fingerprint density at radius 1 is 0.886 bits per heavy atom. The molecule has 5 rings (SSSR count). The number of benzene rings is 2. The molecule has 35 heavy (non-hydrogen) atoms. The van der Waals surface area contributed by atoms with Gasteiger partial charge in [-0.15, -0.1) is 0 Å². The maximum atomic E-state index is 6.06. The molecule has 0 radical (unpaired) electrons. The van der Waals surface area contributed by atoms with Crippen molar-refractivity contribution in [1.29, 1.82) is 0 Å². The van der Waals surface area contributed by atoms with Gasteiger partial charge in [0.05, 0.1) is 0 Å². The van der Waals surface area contributed by atoms with Gasteiger partial charge in [-0.1, -0.05) is 54.4 Å². The number of hydrogen-bond acceptors (Lipinski definition) is 6. The van der Waals surface area contributed by atoms with Crippen molar-refractivity contribution in [3.05, 3.63) is 71.4 Å². The monoisotopic (exact) mass is 507 g/mol. The lowest BCUT2D eigenvalue weighted by molar-refractivity contribution is 0.210. The molecule has 1 N–H and O–H groups in total. The van der Waals surface area contributed by atoms with Crippen LogP contribution in [0.3, 0.4) is 0 Å². The molecule has 0 spiro atoms. The fourth-order valence-electron chi connectivity index (χ4n) is 4.92. The van der Waals surface area contributed by atoms with Gasteiger partial charge in [0.2, 0.25) is 5.95 Å². The third-order valence-electron chi connectivity index (χ3n) is 6.90. The molecule has 184 valence electrons. The van der Waals surface area contributed by atoms with Gasteiger partial charge in [-0.3, -0.25) is 4.90 Å². The molecule has 2 aromatic carbocycles. The Kier molecular flexibility index (Phi) is 8.45. The first kappa shape index (κ1) is 24.4. The lowest BCUT2D eigenvalue weighted by atomic mass is 10.0. The first-order valence-electron chi connectivity index (χ1n) is 12.8. The number of aromatic nitrogens is 2. The topological polar surface area (TPSA) is 44.3 Å². The first-order valence-corrected chi connectivity index (χ1v) is 14.0. The molecule has 2 saturated heterocycles. The maximum absolute atomic E-state index is 6.06. The van der Waals surface area contributed by atoms with E-state index in [1.807, 2.05) is 30.1 Å². The zero-order valence-electron chi connectivity index (χ0n) is 20.2. The number of nitrogens with zero attached hydrogens (tertiary/aromatic N) is 4. The van der Waals surface area contributed by atoms with Crippen molar-refractivity contribution in [2.45, 2.75) is 60.9 Å². The molecular weight excluding hydrogens is 474 g/mol. The van der Waals surface area contributed by atoms with Crippen molar-refractivity contribution in [3.8, 4) is 0 Å². The Morgan fingerprint density at radius 2 is 1.63 bits per heavy atom. The summed E-state index contributed by atoms with van der Waals surface area (Å²) in [6.45, 7) is 5.33. The SMILES string of the molecule is Clc1ccc(Sc2ccccc2CN2CCC(Nc3nccc(N4CCCCCC4)n3)CC2)cc1.